The normalized spacial score (nSPS) is 12.3. The van der Waals surface area contributed by atoms with Crippen molar-refractivity contribution in [2.75, 3.05) is 7.11 Å². The topological polar surface area (TPSA) is 9.23 Å². The van der Waals surface area contributed by atoms with Crippen LogP contribution >= 0.6 is 43.5 Å². The molecule has 1 atom stereocenters. The van der Waals surface area contributed by atoms with Gasteiger partial charge in [0, 0.05) is 10.0 Å². The zero-order valence-electron chi connectivity index (χ0n) is 11.8. The molecule has 21 heavy (non-hydrogen) atoms. The summed E-state index contributed by atoms with van der Waals surface area (Å²) in [6.07, 6.45) is 0. The van der Waals surface area contributed by atoms with Crippen LogP contribution in [-0.2, 0) is 0 Å². The van der Waals surface area contributed by atoms with Gasteiger partial charge in [-0.1, -0.05) is 22.0 Å². The van der Waals surface area contributed by atoms with Crippen LogP contribution in [0.25, 0.3) is 0 Å². The standard InChI is InChI=1S/C16H14Br2ClFO/c1-8-6-12(18)9(2)14(16(8)21-3)15(19)10-4-5-11(17)13(20)7-10/h4-7,15H,1-3H3. The number of hydrogen-bond acceptors (Lipinski definition) is 1. The van der Waals surface area contributed by atoms with Gasteiger partial charge in [0.1, 0.15) is 11.6 Å². The Morgan fingerprint density at radius 1 is 1.14 bits per heavy atom. The van der Waals surface area contributed by atoms with E-state index >= 15 is 0 Å². The number of rotatable bonds is 3. The molecule has 0 saturated heterocycles. The van der Waals surface area contributed by atoms with Gasteiger partial charge in [0.2, 0.25) is 0 Å². The zero-order valence-corrected chi connectivity index (χ0v) is 15.7. The maximum absolute atomic E-state index is 13.8. The van der Waals surface area contributed by atoms with Gasteiger partial charge in [-0.2, -0.15) is 0 Å². The van der Waals surface area contributed by atoms with Gasteiger partial charge in [-0.25, -0.2) is 4.39 Å². The Morgan fingerprint density at radius 2 is 1.81 bits per heavy atom. The molecule has 0 spiro atoms. The van der Waals surface area contributed by atoms with Crippen LogP contribution in [0.5, 0.6) is 5.75 Å². The van der Waals surface area contributed by atoms with Crippen molar-refractivity contribution < 1.29 is 9.13 Å². The van der Waals surface area contributed by atoms with Crippen LogP contribution in [0.2, 0.25) is 0 Å². The van der Waals surface area contributed by atoms with Crippen LogP contribution in [-0.4, -0.2) is 7.11 Å². The third-order valence-electron chi connectivity index (χ3n) is 3.40. The van der Waals surface area contributed by atoms with Gasteiger partial charge in [0.25, 0.3) is 0 Å². The fourth-order valence-corrected chi connectivity index (χ4v) is 3.49. The van der Waals surface area contributed by atoms with Crippen molar-refractivity contribution in [3.63, 3.8) is 0 Å². The molecule has 1 nitrogen and oxygen atoms in total. The fraction of sp³-hybridized carbons (Fsp3) is 0.250. The minimum absolute atomic E-state index is 0.332. The van der Waals surface area contributed by atoms with Crippen LogP contribution in [0.4, 0.5) is 4.39 Å². The fourth-order valence-electron chi connectivity index (χ4n) is 2.29. The molecule has 0 fully saturated rings. The van der Waals surface area contributed by atoms with Gasteiger partial charge in [-0.3, -0.25) is 0 Å². The average Bonchev–Trinajstić information content (AvgIpc) is 2.44. The van der Waals surface area contributed by atoms with Gasteiger partial charge in [-0.15, -0.1) is 11.6 Å². The third-order valence-corrected chi connectivity index (χ3v) is 5.34. The first-order valence-electron chi connectivity index (χ1n) is 6.29. The lowest BCUT2D eigenvalue weighted by Crippen LogP contribution is -2.03. The molecule has 0 bridgehead atoms. The van der Waals surface area contributed by atoms with Gasteiger partial charge in [0.15, 0.2) is 0 Å². The highest BCUT2D eigenvalue weighted by Crippen LogP contribution is 2.42. The summed E-state index contributed by atoms with van der Waals surface area (Å²) in [5.41, 5.74) is 3.51. The van der Waals surface area contributed by atoms with Gasteiger partial charge < -0.3 is 4.74 Å². The van der Waals surface area contributed by atoms with E-state index in [1.165, 1.54) is 6.07 Å². The summed E-state index contributed by atoms with van der Waals surface area (Å²) in [5, 5.41) is -0.487. The first-order valence-corrected chi connectivity index (χ1v) is 8.31. The minimum atomic E-state index is -0.487. The quantitative estimate of drug-likeness (QED) is 0.513. The summed E-state index contributed by atoms with van der Waals surface area (Å²) in [5.74, 6) is 0.403. The van der Waals surface area contributed by atoms with Gasteiger partial charge in [0.05, 0.1) is 17.0 Å². The molecule has 5 heteroatoms. The Bertz CT molecular complexity index is 688. The molecule has 0 aliphatic carbocycles. The van der Waals surface area contributed by atoms with E-state index in [9.17, 15) is 4.39 Å². The first kappa shape index (κ1) is 16.8. The highest BCUT2D eigenvalue weighted by atomic mass is 79.9. The van der Waals surface area contributed by atoms with E-state index in [0.29, 0.717) is 10.0 Å². The Labute approximate surface area is 145 Å². The molecule has 0 amide bonds. The largest absolute Gasteiger partial charge is 0.496 e. The molecule has 0 saturated carbocycles. The monoisotopic (exact) mass is 434 g/mol. The molecule has 0 N–H and O–H groups in total. The van der Waals surface area contributed by atoms with E-state index in [1.807, 2.05) is 19.9 Å². The summed E-state index contributed by atoms with van der Waals surface area (Å²) in [6, 6.07) is 6.90. The second kappa shape index (κ2) is 6.67. The molecular formula is C16H14Br2ClFO. The summed E-state index contributed by atoms with van der Waals surface area (Å²) in [4.78, 5) is 0. The number of benzene rings is 2. The van der Waals surface area contributed by atoms with Crippen LogP contribution < -0.4 is 4.74 Å². The highest BCUT2D eigenvalue weighted by Gasteiger charge is 2.22. The number of ether oxygens (including phenoxy) is 1. The van der Waals surface area contributed by atoms with Crippen LogP contribution in [0.1, 0.15) is 27.6 Å². The predicted molar refractivity (Wildman–Crippen MR) is 92.0 cm³/mol. The summed E-state index contributed by atoms with van der Waals surface area (Å²) >= 11 is 13.3. The lowest BCUT2D eigenvalue weighted by Gasteiger charge is -2.20. The minimum Gasteiger partial charge on any atom is -0.496 e. The number of aryl methyl sites for hydroxylation is 1. The molecule has 0 aliphatic heterocycles. The number of methoxy groups -OCH3 is 1. The summed E-state index contributed by atoms with van der Waals surface area (Å²) < 4.78 is 20.6. The Hall–Kier alpha value is -0.580. The molecule has 0 radical (unpaired) electrons. The Balaban J connectivity index is 2.62. The molecule has 2 aromatic carbocycles. The Morgan fingerprint density at radius 3 is 2.38 bits per heavy atom. The van der Waals surface area contributed by atoms with Crippen LogP contribution in [0.3, 0.4) is 0 Å². The highest BCUT2D eigenvalue weighted by molar-refractivity contribution is 9.10. The second-order valence-electron chi connectivity index (χ2n) is 4.78. The van der Waals surface area contributed by atoms with Crippen LogP contribution in [0.15, 0.2) is 33.2 Å². The van der Waals surface area contributed by atoms with Crippen molar-refractivity contribution in [1.82, 2.24) is 0 Å². The smallest absolute Gasteiger partial charge is 0.137 e. The predicted octanol–water partition coefficient (Wildman–Crippen LogP) is 6.30. The molecule has 1 unspecified atom stereocenters. The molecular weight excluding hydrogens is 422 g/mol. The van der Waals surface area contributed by atoms with E-state index < -0.39 is 5.38 Å². The number of alkyl halides is 1. The van der Waals surface area contributed by atoms with E-state index in [2.05, 4.69) is 31.9 Å². The van der Waals surface area contributed by atoms with Crippen molar-refractivity contribution in [3.05, 3.63) is 61.3 Å². The second-order valence-corrected chi connectivity index (χ2v) is 6.93. The zero-order chi connectivity index (χ0) is 15.7. The first-order chi connectivity index (χ1) is 9.86. The van der Waals surface area contributed by atoms with E-state index in [0.717, 1.165) is 26.9 Å². The van der Waals surface area contributed by atoms with E-state index in [4.69, 9.17) is 16.3 Å². The maximum atomic E-state index is 13.8. The molecule has 0 heterocycles. The van der Waals surface area contributed by atoms with Crippen molar-refractivity contribution in [3.8, 4) is 5.75 Å². The maximum Gasteiger partial charge on any atom is 0.137 e. The van der Waals surface area contributed by atoms with Crippen LogP contribution in [0, 0.1) is 19.7 Å². The van der Waals surface area contributed by atoms with E-state index in [-0.39, 0.29) is 5.82 Å². The molecule has 0 aromatic heterocycles. The van der Waals surface area contributed by atoms with E-state index in [1.54, 1.807) is 19.2 Å². The van der Waals surface area contributed by atoms with Crippen molar-refractivity contribution in [1.29, 1.82) is 0 Å². The molecule has 112 valence electrons. The average molecular weight is 437 g/mol. The van der Waals surface area contributed by atoms with Crippen molar-refractivity contribution in [2.24, 2.45) is 0 Å². The lowest BCUT2D eigenvalue weighted by molar-refractivity contribution is 0.406. The van der Waals surface area contributed by atoms with Gasteiger partial charge >= 0.3 is 0 Å². The van der Waals surface area contributed by atoms with Crippen molar-refractivity contribution >= 4 is 43.5 Å². The third kappa shape index (κ3) is 3.27. The SMILES string of the molecule is COc1c(C)cc(Br)c(C)c1C(Cl)c1ccc(Br)c(F)c1. The van der Waals surface area contributed by atoms with Gasteiger partial charge in [-0.05, 0) is 64.7 Å². The molecule has 2 aromatic rings. The molecule has 0 aliphatic rings. The lowest BCUT2D eigenvalue weighted by atomic mass is 9.96. The van der Waals surface area contributed by atoms with Crippen molar-refractivity contribution in [2.45, 2.75) is 19.2 Å². The number of halogens is 4. The summed E-state index contributed by atoms with van der Waals surface area (Å²) in [7, 11) is 1.62. The number of hydrogen-bond donors (Lipinski definition) is 0. The summed E-state index contributed by atoms with van der Waals surface area (Å²) in [6.45, 7) is 3.92. The Kier molecular flexibility index (Phi) is 5.33. The molecule has 2 rings (SSSR count).